The largest absolute Gasteiger partial charge is 0.291 e. The topological polar surface area (TPSA) is 22.0 Å². The molecule has 0 N–H and O–H groups in total. The van der Waals surface area contributed by atoms with Gasteiger partial charge in [-0.3, -0.25) is 9.36 Å². The standard InChI is InChI=1S/C9H11NO/c1-8(2)7-9(11)10-5-3-4-6-10/h3-7H,1-2H3. The summed E-state index contributed by atoms with van der Waals surface area (Å²) in [6.07, 6.45) is 5.09. The first-order chi connectivity index (χ1) is 5.20. The van der Waals surface area contributed by atoms with Crippen molar-refractivity contribution in [2.24, 2.45) is 0 Å². The van der Waals surface area contributed by atoms with Gasteiger partial charge in [0, 0.05) is 18.5 Å². The van der Waals surface area contributed by atoms with E-state index < -0.39 is 0 Å². The van der Waals surface area contributed by atoms with Gasteiger partial charge in [0.15, 0.2) is 0 Å². The van der Waals surface area contributed by atoms with Crippen LogP contribution in [0.15, 0.2) is 36.2 Å². The first-order valence-corrected chi connectivity index (χ1v) is 3.52. The van der Waals surface area contributed by atoms with Gasteiger partial charge in [0.2, 0.25) is 0 Å². The van der Waals surface area contributed by atoms with E-state index in [0.29, 0.717) is 0 Å². The van der Waals surface area contributed by atoms with Crippen LogP contribution in [0.3, 0.4) is 0 Å². The summed E-state index contributed by atoms with van der Waals surface area (Å²) in [6, 6.07) is 3.66. The van der Waals surface area contributed by atoms with Gasteiger partial charge in [-0.2, -0.15) is 0 Å². The van der Waals surface area contributed by atoms with E-state index in [1.54, 1.807) is 23.0 Å². The first kappa shape index (κ1) is 7.79. The third-order valence-electron chi connectivity index (χ3n) is 1.27. The molecule has 0 aliphatic heterocycles. The summed E-state index contributed by atoms with van der Waals surface area (Å²) < 4.78 is 1.55. The van der Waals surface area contributed by atoms with E-state index in [2.05, 4.69) is 0 Å². The van der Waals surface area contributed by atoms with Gasteiger partial charge in [0.25, 0.3) is 5.91 Å². The summed E-state index contributed by atoms with van der Waals surface area (Å²) in [6.45, 7) is 3.81. The molecule has 0 aliphatic carbocycles. The average Bonchev–Trinajstić information content (AvgIpc) is 2.35. The maximum Gasteiger partial charge on any atom is 0.254 e. The molecular formula is C9H11NO. The quantitative estimate of drug-likeness (QED) is 0.560. The molecule has 0 unspecified atom stereocenters. The minimum absolute atomic E-state index is 0.00926. The summed E-state index contributed by atoms with van der Waals surface area (Å²) in [5.74, 6) is 0.00926. The minimum Gasteiger partial charge on any atom is -0.291 e. The Kier molecular flexibility index (Phi) is 2.26. The van der Waals surface area contributed by atoms with Gasteiger partial charge in [-0.1, -0.05) is 5.57 Å². The molecule has 0 aromatic carbocycles. The molecule has 1 aromatic rings. The van der Waals surface area contributed by atoms with Crippen LogP contribution in [0.25, 0.3) is 0 Å². The molecule has 0 saturated heterocycles. The second-order valence-electron chi connectivity index (χ2n) is 2.65. The van der Waals surface area contributed by atoms with Crippen molar-refractivity contribution in [2.75, 3.05) is 0 Å². The summed E-state index contributed by atoms with van der Waals surface area (Å²) in [5.41, 5.74) is 1.02. The number of carbonyl (C=O) groups excluding carboxylic acids is 1. The Morgan fingerprint density at radius 2 is 1.82 bits per heavy atom. The second kappa shape index (κ2) is 3.19. The normalized spacial score (nSPS) is 9.27. The smallest absolute Gasteiger partial charge is 0.254 e. The zero-order valence-corrected chi connectivity index (χ0v) is 6.74. The fourth-order valence-electron chi connectivity index (χ4n) is 0.803. The number of allylic oxidation sites excluding steroid dienone is 2. The Bertz CT molecular complexity index is 266. The van der Waals surface area contributed by atoms with Crippen LogP contribution < -0.4 is 0 Å². The van der Waals surface area contributed by atoms with Crippen molar-refractivity contribution in [1.29, 1.82) is 0 Å². The monoisotopic (exact) mass is 149 g/mol. The van der Waals surface area contributed by atoms with Gasteiger partial charge >= 0.3 is 0 Å². The molecule has 0 fully saturated rings. The Labute approximate surface area is 66.1 Å². The lowest BCUT2D eigenvalue weighted by Crippen LogP contribution is -2.03. The molecule has 0 radical (unpaired) electrons. The van der Waals surface area contributed by atoms with Gasteiger partial charge < -0.3 is 0 Å². The maximum absolute atomic E-state index is 11.2. The summed E-state index contributed by atoms with van der Waals surface area (Å²) in [7, 11) is 0. The third-order valence-corrected chi connectivity index (χ3v) is 1.27. The van der Waals surface area contributed by atoms with E-state index in [0.717, 1.165) is 5.57 Å². The van der Waals surface area contributed by atoms with Crippen LogP contribution in [0.1, 0.15) is 18.6 Å². The summed E-state index contributed by atoms with van der Waals surface area (Å²) in [4.78, 5) is 11.2. The van der Waals surface area contributed by atoms with Gasteiger partial charge in [-0.05, 0) is 26.0 Å². The second-order valence-corrected chi connectivity index (χ2v) is 2.65. The van der Waals surface area contributed by atoms with E-state index in [4.69, 9.17) is 0 Å². The molecular weight excluding hydrogens is 138 g/mol. The van der Waals surface area contributed by atoms with Gasteiger partial charge in [-0.15, -0.1) is 0 Å². The first-order valence-electron chi connectivity index (χ1n) is 3.52. The predicted molar refractivity (Wildman–Crippen MR) is 44.5 cm³/mol. The predicted octanol–water partition coefficient (Wildman–Crippen LogP) is 2.09. The van der Waals surface area contributed by atoms with Crippen LogP contribution in [0, 0.1) is 0 Å². The Morgan fingerprint density at radius 1 is 1.27 bits per heavy atom. The van der Waals surface area contributed by atoms with Crippen LogP contribution in [-0.2, 0) is 0 Å². The van der Waals surface area contributed by atoms with Gasteiger partial charge in [0.05, 0.1) is 0 Å². The Morgan fingerprint density at radius 3 is 2.27 bits per heavy atom. The molecule has 0 amide bonds. The highest BCUT2D eigenvalue weighted by molar-refractivity contribution is 5.90. The Balaban J connectivity index is 2.80. The number of aromatic nitrogens is 1. The third kappa shape index (κ3) is 2.08. The fraction of sp³-hybridized carbons (Fsp3) is 0.222. The minimum atomic E-state index is 0.00926. The molecule has 1 aromatic heterocycles. The van der Waals surface area contributed by atoms with Crippen molar-refractivity contribution in [3.05, 3.63) is 36.2 Å². The highest BCUT2D eigenvalue weighted by Crippen LogP contribution is 1.94. The van der Waals surface area contributed by atoms with Crippen LogP contribution in [0.5, 0.6) is 0 Å². The molecule has 2 heteroatoms. The van der Waals surface area contributed by atoms with Crippen molar-refractivity contribution in [3.63, 3.8) is 0 Å². The average molecular weight is 149 g/mol. The molecule has 0 spiro atoms. The van der Waals surface area contributed by atoms with Crippen LogP contribution in [0.4, 0.5) is 0 Å². The zero-order valence-electron chi connectivity index (χ0n) is 6.74. The lowest BCUT2D eigenvalue weighted by atomic mass is 10.3. The fourth-order valence-corrected chi connectivity index (χ4v) is 0.803. The molecule has 11 heavy (non-hydrogen) atoms. The van der Waals surface area contributed by atoms with Crippen molar-refractivity contribution in [3.8, 4) is 0 Å². The number of hydrogen-bond acceptors (Lipinski definition) is 1. The van der Waals surface area contributed by atoms with E-state index in [-0.39, 0.29) is 5.91 Å². The summed E-state index contributed by atoms with van der Waals surface area (Å²) >= 11 is 0. The highest BCUT2D eigenvalue weighted by atomic mass is 16.1. The molecule has 0 bridgehead atoms. The van der Waals surface area contributed by atoms with Gasteiger partial charge in [-0.25, -0.2) is 0 Å². The SMILES string of the molecule is CC(C)=CC(=O)n1cccc1. The zero-order chi connectivity index (χ0) is 8.27. The summed E-state index contributed by atoms with van der Waals surface area (Å²) in [5, 5.41) is 0. The lowest BCUT2D eigenvalue weighted by molar-refractivity contribution is 0.0968. The molecule has 1 rings (SSSR count). The van der Waals surface area contributed by atoms with Crippen LogP contribution in [-0.4, -0.2) is 10.5 Å². The van der Waals surface area contributed by atoms with Crippen molar-refractivity contribution < 1.29 is 4.79 Å². The van der Waals surface area contributed by atoms with E-state index in [1.165, 1.54) is 0 Å². The number of carbonyl (C=O) groups is 1. The van der Waals surface area contributed by atoms with Gasteiger partial charge in [0.1, 0.15) is 0 Å². The molecule has 2 nitrogen and oxygen atoms in total. The molecule has 58 valence electrons. The van der Waals surface area contributed by atoms with Crippen LogP contribution in [0.2, 0.25) is 0 Å². The van der Waals surface area contributed by atoms with Crippen molar-refractivity contribution in [2.45, 2.75) is 13.8 Å². The highest BCUT2D eigenvalue weighted by Gasteiger charge is 1.96. The van der Waals surface area contributed by atoms with E-state index in [1.807, 2.05) is 26.0 Å². The van der Waals surface area contributed by atoms with Crippen molar-refractivity contribution >= 4 is 5.91 Å². The van der Waals surface area contributed by atoms with E-state index in [9.17, 15) is 4.79 Å². The maximum atomic E-state index is 11.2. The number of nitrogens with zero attached hydrogens (tertiary/aromatic N) is 1. The molecule has 1 heterocycles. The van der Waals surface area contributed by atoms with Crippen LogP contribution >= 0.6 is 0 Å². The van der Waals surface area contributed by atoms with E-state index >= 15 is 0 Å². The molecule has 0 saturated carbocycles. The molecule has 0 atom stereocenters. The number of hydrogen-bond donors (Lipinski definition) is 0. The van der Waals surface area contributed by atoms with Crippen molar-refractivity contribution in [1.82, 2.24) is 4.57 Å². The molecule has 0 aliphatic rings. The lowest BCUT2D eigenvalue weighted by Gasteiger charge is -1.94. The number of rotatable bonds is 1. The Hall–Kier alpha value is -1.31.